The minimum Gasteiger partial charge on any atom is -0.477 e. The predicted octanol–water partition coefficient (Wildman–Crippen LogP) is 2.81. The van der Waals surface area contributed by atoms with Gasteiger partial charge in [0, 0.05) is 12.6 Å². The Hall–Kier alpha value is -3.21. The van der Waals surface area contributed by atoms with Crippen molar-refractivity contribution in [1.29, 1.82) is 0 Å². The molecule has 0 aliphatic carbocycles. The highest BCUT2D eigenvalue weighted by molar-refractivity contribution is 5.95. The molecule has 0 saturated carbocycles. The van der Waals surface area contributed by atoms with Crippen LogP contribution in [-0.4, -0.2) is 20.9 Å². The molecule has 0 aliphatic rings. The van der Waals surface area contributed by atoms with Gasteiger partial charge in [0.05, 0.1) is 6.20 Å². The Morgan fingerprint density at radius 2 is 1.52 bits per heavy atom. The van der Waals surface area contributed by atoms with E-state index >= 15 is 0 Å². The van der Waals surface area contributed by atoms with Gasteiger partial charge in [-0.1, -0.05) is 54.6 Å². The number of carbonyl (C=O) groups is 1. The van der Waals surface area contributed by atoms with Crippen LogP contribution in [0.4, 0.5) is 0 Å². The lowest BCUT2D eigenvalue weighted by Crippen LogP contribution is -2.27. The summed E-state index contributed by atoms with van der Waals surface area (Å²) >= 11 is 0. The third-order valence-electron chi connectivity index (χ3n) is 3.65. The molecule has 0 amide bonds. The fourth-order valence-electron chi connectivity index (χ4n) is 2.44. The number of rotatable bonds is 3. The zero-order chi connectivity index (χ0) is 16.4. The summed E-state index contributed by atoms with van der Waals surface area (Å²) in [5.74, 6) is -1.25. The number of benzene rings is 2. The van der Waals surface area contributed by atoms with Gasteiger partial charge in [0.2, 0.25) is 0 Å². The van der Waals surface area contributed by atoms with Gasteiger partial charge < -0.3 is 5.11 Å². The first-order valence-electron chi connectivity index (χ1n) is 7.03. The van der Waals surface area contributed by atoms with E-state index in [1.165, 1.54) is 13.2 Å². The van der Waals surface area contributed by atoms with Crippen LogP contribution in [0.3, 0.4) is 0 Å². The van der Waals surface area contributed by atoms with E-state index in [1.54, 1.807) is 12.1 Å². The van der Waals surface area contributed by atoms with Crippen molar-refractivity contribution in [3.05, 3.63) is 76.7 Å². The zero-order valence-corrected chi connectivity index (χ0v) is 12.4. The predicted molar refractivity (Wildman–Crippen MR) is 87.3 cm³/mol. The number of hydrogen-bond donors (Lipinski definition) is 1. The number of carboxylic acids is 1. The summed E-state index contributed by atoms with van der Waals surface area (Å²) in [5.41, 5.74) is 2.16. The molecule has 0 unspecified atom stereocenters. The van der Waals surface area contributed by atoms with Crippen LogP contribution in [0.5, 0.6) is 0 Å². The van der Waals surface area contributed by atoms with Crippen molar-refractivity contribution in [1.82, 2.24) is 9.78 Å². The van der Waals surface area contributed by atoms with Crippen molar-refractivity contribution < 1.29 is 9.90 Å². The van der Waals surface area contributed by atoms with Gasteiger partial charge in [-0.15, -0.1) is 0 Å². The molecule has 2 aromatic carbocycles. The number of aromatic nitrogens is 2. The Labute approximate surface area is 132 Å². The summed E-state index contributed by atoms with van der Waals surface area (Å²) in [6, 6.07) is 17.2. The van der Waals surface area contributed by atoms with Crippen LogP contribution >= 0.6 is 0 Å². The van der Waals surface area contributed by atoms with E-state index in [2.05, 4.69) is 5.10 Å². The minimum atomic E-state index is -1.25. The van der Waals surface area contributed by atoms with Gasteiger partial charge in [-0.3, -0.25) is 4.79 Å². The van der Waals surface area contributed by atoms with Crippen molar-refractivity contribution in [3.8, 4) is 22.3 Å². The van der Waals surface area contributed by atoms with Crippen LogP contribution in [0.25, 0.3) is 22.3 Å². The molecule has 114 valence electrons. The van der Waals surface area contributed by atoms with E-state index in [-0.39, 0.29) is 5.56 Å². The normalized spacial score (nSPS) is 10.5. The van der Waals surface area contributed by atoms with Crippen molar-refractivity contribution in [2.75, 3.05) is 0 Å². The highest BCUT2D eigenvalue weighted by atomic mass is 16.4. The number of carboxylic acid groups (broad SMARTS) is 1. The quantitative estimate of drug-likeness (QED) is 0.807. The summed E-state index contributed by atoms with van der Waals surface area (Å²) in [6.07, 6.45) is 1.41. The standard InChI is InChI=1S/C18H14N2O3/c1-20-17(21)16(18(22)23)15(11-19-20)14-9-7-13(8-10-14)12-5-3-2-4-6-12/h2-11H,1H3,(H,22,23). The lowest BCUT2D eigenvalue weighted by atomic mass is 9.99. The first-order valence-corrected chi connectivity index (χ1v) is 7.03. The second-order valence-corrected chi connectivity index (χ2v) is 5.11. The Morgan fingerprint density at radius 1 is 0.957 bits per heavy atom. The highest BCUT2D eigenvalue weighted by Gasteiger charge is 2.18. The summed E-state index contributed by atoms with van der Waals surface area (Å²) in [5, 5.41) is 13.2. The van der Waals surface area contributed by atoms with Gasteiger partial charge in [-0.25, -0.2) is 9.48 Å². The highest BCUT2D eigenvalue weighted by Crippen LogP contribution is 2.25. The van der Waals surface area contributed by atoms with Crippen molar-refractivity contribution in [2.24, 2.45) is 7.05 Å². The smallest absolute Gasteiger partial charge is 0.342 e. The molecule has 0 atom stereocenters. The van der Waals surface area contributed by atoms with Gasteiger partial charge in [0.1, 0.15) is 5.56 Å². The molecule has 0 saturated heterocycles. The topological polar surface area (TPSA) is 72.2 Å². The molecule has 3 aromatic rings. The van der Waals surface area contributed by atoms with Gasteiger partial charge in [0.25, 0.3) is 5.56 Å². The third-order valence-corrected chi connectivity index (χ3v) is 3.65. The molecule has 0 spiro atoms. The SMILES string of the molecule is Cn1ncc(-c2ccc(-c3ccccc3)cc2)c(C(=O)O)c1=O. The Morgan fingerprint density at radius 3 is 2.13 bits per heavy atom. The van der Waals surface area contributed by atoms with E-state index < -0.39 is 11.5 Å². The lowest BCUT2D eigenvalue weighted by Gasteiger charge is -2.08. The van der Waals surface area contributed by atoms with E-state index in [0.717, 1.165) is 15.8 Å². The summed E-state index contributed by atoms with van der Waals surface area (Å²) in [6.45, 7) is 0. The van der Waals surface area contributed by atoms with E-state index in [0.29, 0.717) is 11.1 Å². The monoisotopic (exact) mass is 306 g/mol. The number of aromatic carboxylic acids is 1. The third kappa shape index (κ3) is 2.76. The summed E-state index contributed by atoms with van der Waals surface area (Å²) in [7, 11) is 1.43. The van der Waals surface area contributed by atoms with E-state index in [1.807, 2.05) is 42.5 Å². The van der Waals surface area contributed by atoms with E-state index in [9.17, 15) is 14.7 Å². The molecule has 0 fully saturated rings. The van der Waals surface area contributed by atoms with Crippen molar-refractivity contribution in [2.45, 2.75) is 0 Å². The fourth-order valence-corrected chi connectivity index (χ4v) is 2.44. The first kappa shape index (κ1) is 14.7. The van der Waals surface area contributed by atoms with Crippen LogP contribution in [0.2, 0.25) is 0 Å². The molecule has 5 nitrogen and oxygen atoms in total. The zero-order valence-electron chi connectivity index (χ0n) is 12.4. The van der Waals surface area contributed by atoms with Crippen LogP contribution in [-0.2, 0) is 7.05 Å². The molecule has 5 heteroatoms. The molecular formula is C18H14N2O3. The Balaban J connectivity index is 2.09. The molecule has 1 aromatic heterocycles. The van der Waals surface area contributed by atoms with Crippen LogP contribution in [0.1, 0.15) is 10.4 Å². The number of aryl methyl sites for hydroxylation is 1. The summed E-state index contributed by atoms with van der Waals surface area (Å²) < 4.78 is 1.02. The second-order valence-electron chi connectivity index (χ2n) is 5.11. The van der Waals surface area contributed by atoms with Crippen molar-refractivity contribution >= 4 is 5.97 Å². The van der Waals surface area contributed by atoms with Crippen LogP contribution in [0.15, 0.2) is 65.6 Å². The Kier molecular flexibility index (Phi) is 3.76. The fraction of sp³-hybridized carbons (Fsp3) is 0.0556. The molecule has 23 heavy (non-hydrogen) atoms. The van der Waals surface area contributed by atoms with Gasteiger partial charge in [-0.2, -0.15) is 5.10 Å². The number of hydrogen-bond acceptors (Lipinski definition) is 3. The molecule has 0 aliphatic heterocycles. The lowest BCUT2D eigenvalue weighted by molar-refractivity contribution is 0.0694. The molecule has 0 radical (unpaired) electrons. The Bertz CT molecular complexity index is 913. The molecular weight excluding hydrogens is 292 g/mol. The van der Waals surface area contributed by atoms with Gasteiger partial charge in [0.15, 0.2) is 0 Å². The molecule has 0 bridgehead atoms. The number of nitrogens with zero attached hydrogens (tertiary/aromatic N) is 2. The average molecular weight is 306 g/mol. The maximum absolute atomic E-state index is 12.0. The van der Waals surface area contributed by atoms with Crippen LogP contribution < -0.4 is 5.56 Å². The second kappa shape index (κ2) is 5.88. The summed E-state index contributed by atoms with van der Waals surface area (Å²) in [4.78, 5) is 23.4. The largest absolute Gasteiger partial charge is 0.477 e. The maximum Gasteiger partial charge on any atom is 0.342 e. The van der Waals surface area contributed by atoms with Crippen LogP contribution in [0, 0.1) is 0 Å². The first-order chi connectivity index (χ1) is 11.1. The van der Waals surface area contributed by atoms with Crippen molar-refractivity contribution in [3.63, 3.8) is 0 Å². The molecule has 3 rings (SSSR count). The maximum atomic E-state index is 12.0. The minimum absolute atomic E-state index is 0.269. The average Bonchev–Trinajstić information content (AvgIpc) is 2.58. The van der Waals surface area contributed by atoms with Gasteiger partial charge >= 0.3 is 5.97 Å². The van der Waals surface area contributed by atoms with E-state index in [4.69, 9.17) is 0 Å². The van der Waals surface area contributed by atoms with Gasteiger partial charge in [-0.05, 0) is 16.7 Å². The molecule has 1 N–H and O–H groups in total. The molecule has 1 heterocycles.